The van der Waals surface area contributed by atoms with Crippen LogP contribution in [0.5, 0.6) is 0 Å². The van der Waals surface area contributed by atoms with Crippen molar-refractivity contribution < 1.29 is 9.59 Å². The number of rotatable bonds is 5. The van der Waals surface area contributed by atoms with Crippen molar-refractivity contribution in [2.75, 3.05) is 18.0 Å². The highest BCUT2D eigenvalue weighted by molar-refractivity contribution is 7.18. The summed E-state index contributed by atoms with van der Waals surface area (Å²) in [6.07, 6.45) is 2.21. The molecule has 1 fully saturated rings. The average Bonchev–Trinajstić information content (AvgIpc) is 3.27. The predicted octanol–water partition coefficient (Wildman–Crippen LogP) is 3.40. The Morgan fingerprint density at radius 3 is 2.69 bits per heavy atom. The molecular formula is C20H19N3O2S. The minimum Gasteiger partial charge on any atom is -0.352 e. The number of anilines is 1. The predicted molar refractivity (Wildman–Crippen MR) is 104 cm³/mol. The number of hydrogen-bond donors (Lipinski definition) is 1. The Morgan fingerprint density at radius 2 is 1.96 bits per heavy atom. The number of carbonyl (C=O) groups excluding carboxylic acids is 2. The number of hydrogen-bond acceptors (Lipinski definition) is 4. The van der Waals surface area contributed by atoms with E-state index in [1.54, 1.807) is 28.4 Å². The molecule has 0 atom stereocenters. The maximum atomic E-state index is 12.3. The van der Waals surface area contributed by atoms with E-state index < -0.39 is 0 Å². The lowest BCUT2D eigenvalue weighted by atomic mass is 10.2. The first-order valence-electron chi connectivity index (χ1n) is 8.74. The molecule has 1 aromatic heterocycles. The molecule has 132 valence electrons. The lowest BCUT2D eigenvalue weighted by Gasteiger charge is -2.15. The third kappa shape index (κ3) is 3.46. The van der Waals surface area contributed by atoms with Gasteiger partial charge < -0.3 is 10.2 Å². The van der Waals surface area contributed by atoms with Crippen LogP contribution in [0.2, 0.25) is 0 Å². The zero-order valence-electron chi connectivity index (χ0n) is 14.3. The number of aromatic nitrogens is 1. The van der Waals surface area contributed by atoms with E-state index in [-0.39, 0.29) is 11.8 Å². The molecule has 6 heteroatoms. The second-order valence-corrected chi connectivity index (χ2v) is 7.39. The molecule has 2 amide bonds. The topological polar surface area (TPSA) is 62.3 Å². The fraction of sp³-hybridized carbons (Fsp3) is 0.250. The van der Waals surface area contributed by atoms with Crippen LogP contribution in [-0.4, -0.2) is 29.9 Å². The second kappa shape index (κ2) is 7.25. The fourth-order valence-corrected chi connectivity index (χ4v) is 4.09. The number of thiazole rings is 1. The zero-order valence-corrected chi connectivity index (χ0v) is 15.1. The molecule has 0 spiro atoms. The summed E-state index contributed by atoms with van der Waals surface area (Å²) >= 11 is 1.66. The molecule has 2 aromatic carbocycles. The molecule has 1 saturated heterocycles. The summed E-state index contributed by atoms with van der Waals surface area (Å²) < 4.78 is 1.17. The van der Waals surface area contributed by atoms with E-state index >= 15 is 0 Å². The lowest BCUT2D eigenvalue weighted by molar-refractivity contribution is -0.117. The summed E-state index contributed by atoms with van der Waals surface area (Å²) in [6.45, 7) is 1.30. The van der Waals surface area contributed by atoms with Gasteiger partial charge in [0.2, 0.25) is 5.91 Å². The van der Waals surface area contributed by atoms with Crippen LogP contribution in [0.3, 0.4) is 0 Å². The molecule has 1 aliphatic heterocycles. The quantitative estimate of drug-likeness (QED) is 0.754. The Hall–Kier alpha value is -2.73. The normalized spacial score (nSPS) is 14.2. The molecule has 0 bridgehead atoms. The molecule has 5 nitrogen and oxygen atoms in total. The van der Waals surface area contributed by atoms with E-state index in [1.807, 2.05) is 30.3 Å². The van der Waals surface area contributed by atoms with Crippen molar-refractivity contribution in [1.29, 1.82) is 0 Å². The van der Waals surface area contributed by atoms with Crippen LogP contribution in [0.4, 0.5) is 5.69 Å². The Bertz CT molecular complexity index is 916. The van der Waals surface area contributed by atoms with Gasteiger partial charge in [-0.3, -0.25) is 9.59 Å². The largest absolute Gasteiger partial charge is 0.352 e. The monoisotopic (exact) mass is 365 g/mol. The van der Waals surface area contributed by atoms with E-state index in [2.05, 4.69) is 16.4 Å². The second-order valence-electron chi connectivity index (χ2n) is 6.28. The Balaban J connectivity index is 1.33. The number of nitrogens with zero attached hydrogens (tertiary/aromatic N) is 2. The van der Waals surface area contributed by atoms with Crippen molar-refractivity contribution in [1.82, 2.24) is 10.3 Å². The fourth-order valence-electron chi connectivity index (χ4n) is 3.13. The standard InChI is InChI=1S/C20H19N3O2S/c24-19-6-3-13-23(19)15-9-7-14(8-10-15)20(25)21-12-11-18-22-16-4-1-2-5-17(16)26-18/h1-2,4-5,7-10H,3,6,11-13H2,(H,21,25). The Kier molecular flexibility index (Phi) is 4.67. The van der Waals surface area contributed by atoms with Crippen LogP contribution in [0, 0.1) is 0 Å². The molecule has 2 heterocycles. The SMILES string of the molecule is O=C(NCCc1nc2ccccc2s1)c1ccc(N2CCCC2=O)cc1. The van der Waals surface area contributed by atoms with Crippen LogP contribution < -0.4 is 10.2 Å². The minimum atomic E-state index is -0.106. The number of fused-ring (bicyclic) bond motifs is 1. The molecule has 0 saturated carbocycles. The summed E-state index contributed by atoms with van der Waals surface area (Å²) in [7, 11) is 0. The molecule has 4 rings (SSSR count). The summed E-state index contributed by atoms with van der Waals surface area (Å²) in [6, 6.07) is 15.3. The van der Waals surface area contributed by atoms with Gasteiger partial charge in [0.15, 0.2) is 0 Å². The highest BCUT2D eigenvalue weighted by Crippen LogP contribution is 2.22. The molecule has 26 heavy (non-hydrogen) atoms. The van der Waals surface area contributed by atoms with Crippen LogP contribution in [0.1, 0.15) is 28.2 Å². The summed E-state index contributed by atoms with van der Waals surface area (Å²) in [5.41, 5.74) is 2.47. The molecule has 3 aromatic rings. The van der Waals surface area contributed by atoms with E-state index in [1.165, 1.54) is 4.70 Å². The molecular weight excluding hydrogens is 346 g/mol. The van der Waals surface area contributed by atoms with Gasteiger partial charge in [0, 0.05) is 37.2 Å². The summed E-state index contributed by atoms with van der Waals surface area (Å²) in [5, 5.41) is 3.96. The van der Waals surface area contributed by atoms with Crippen LogP contribution in [-0.2, 0) is 11.2 Å². The van der Waals surface area contributed by atoms with Gasteiger partial charge in [-0.1, -0.05) is 12.1 Å². The van der Waals surface area contributed by atoms with Gasteiger partial charge in [-0.2, -0.15) is 0 Å². The number of benzene rings is 2. The smallest absolute Gasteiger partial charge is 0.251 e. The molecule has 0 unspecified atom stereocenters. The number of amides is 2. The minimum absolute atomic E-state index is 0.106. The molecule has 1 aliphatic rings. The van der Waals surface area contributed by atoms with E-state index in [4.69, 9.17) is 0 Å². The van der Waals surface area contributed by atoms with Crippen molar-refractivity contribution in [2.24, 2.45) is 0 Å². The van der Waals surface area contributed by atoms with Gasteiger partial charge in [-0.25, -0.2) is 4.98 Å². The average molecular weight is 365 g/mol. The van der Waals surface area contributed by atoms with Crippen molar-refractivity contribution in [2.45, 2.75) is 19.3 Å². The number of carbonyl (C=O) groups is 2. The molecule has 0 aliphatic carbocycles. The van der Waals surface area contributed by atoms with Crippen LogP contribution >= 0.6 is 11.3 Å². The van der Waals surface area contributed by atoms with Crippen LogP contribution in [0.25, 0.3) is 10.2 Å². The van der Waals surface area contributed by atoms with Crippen molar-refractivity contribution in [3.63, 3.8) is 0 Å². The van der Waals surface area contributed by atoms with Gasteiger partial charge in [0.1, 0.15) is 0 Å². The Morgan fingerprint density at radius 1 is 1.15 bits per heavy atom. The first kappa shape index (κ1) is 16.7. The summed E-state index contributed by atoms with van der Waals surface area (Å²) in [5.74, 6) is 0.0449. The van der Waals surface area contributed by atoms with E-state index in [0.29, 0.717) is 24.9 Å². The van der Waals surface area contributed by atoms with Gasteiger partial charge in [-0.15, -0.1) is 11.3 Å². The van der Waals surface area contributed by atoms with Crippen LogP contribution in [0.15, 0.2) is 48.5 Å². The third-order valence-electron chi connectivity index (χ3n) is 4.48. The maximum absolute atomic E-state index is 12.3. The first-order chi connectivity index (χ1) is 12.7. The number of para-hydroxylation sites is 1. The van der Waals surface area contributed by atoms with Crippen molar-refractivity contribution >= 4 is 39.1 Å². The number of nitrogens with one attached hydrogen (secondary N) is 1. The van der Waals surface area contributed by atoms with E-state index in [0.717, 1.165) is 29.2 Å². The lowest BCUT2D eigenvalue weighted by Crippen LogP contribution is -2.26. The van der Waals surface area contributed by atoms with Gasteiger partial charge >= 0.3 is 0 Å². The maximum Gasteiger partial charge on any atom is 0.251 e. The summed E-state index contributed by atoms with van der Waals surface area (Å²) in [4.78, 5) is 30.4. The third-order valence-corrected chi connectivity index (χ3v) is 5.57. The van der Waals surface area contributed by atoms with Gasteiger partial charge in [0.05, 0.1) is 15.2 Å². The molecule has 0 radical (unpaired) electrons. The zero-order chi connectivity index (χ0) is 17.9. The highest BCUT2D eigenvalue weighted by Gasteiger charge is 2.21. The van der Waals surface area contributed by atoms with Crippen molar-refractivity contribution in [3.05, 3.63) is 59.1 Å². The Labute approximate surface area is 155 Å². The highest BCUT2D eigenvalue weighted by atomic mass is 32.1. The van der Waals surface area contributed by atoms with Gasteiger partial charge in [-0.05, 0) is 42.8 Å². The molecule has 1 N–H and O–H groups in total. The first-order valence-corrected chi connectivity index (χ1v) is 9.55. The van der Waals surface area contributed by atoms with Gasteiger partial charge in [0.25, 0.3) is 5.91 Å². The van der Waals surface area contributed by atoms with Crippen molar-refractivity contribution in [3.8, 4) is 0 Å². The van der Waals surface area contributed by atoms with E-state index in [9.17, 15) is 9.59 Å².